The lowest BCUT2D eigenvalue weighted by Crippen LogP contribution is -2.20. The van der Waals surface area contributed by atoms with Crippen molar-refractivity contribution in [2.45, 2.75) is 19.9 Å². The van der Waals surface area contributed by atoms with Crippen molar-refractivity contribution in [3.05, 3.63) is 81.7 Å². The number of benzene rings is 2. The first-order chi connectivity index (χ1) is 14.9. The van der Waals surface area contributed by atoms with Crippen LogP contribution in [0.5, 0.6) is 0 Å². The Morgan fingerprint density at radius 3 is 2.74 bits per heavy atom. The quantitative estimate of drug-likeness (QED) is 0.421. The maximum absolute atomic E-state index is 12.6. The second-order valence-electron chi connectivity index (χ2n) is 7.14. The van der Waals surface area contributed by atoms with Gasteiger partial charge < -0.3 is 15.6 Å². The van der Waals surface area contributed by atoms with Gasteiger partial charge in [0.2, 0.25) is 11.9 Å². The summed E-state index contributed by atoms with van der Waals surface area (Å²) >= 11 is 6.09. The van der Waals surface area contributed by atoms with Gasteiger partial charge in [0.05, 0.1) is 17.4 Å². The fourth-order valence-corrected chi connectivity index (χ4v) is 3.55. The Morgan fingerprint density at radius 2 is 1.94 bits per heavy atom. The summed E-state index contributed by atoms with van der Waals surface area (Å²) in [4.78, 5) is 35.8. The van der Waals surface area contributed by atoms with E-state index >= 15 is 0 Å². The van der Waals surface area contributed by atoms with Gasteiger partial charge in [0, 0.05) is 40.2 Å². The summed E-state index contributed by atoms with van der Waals surface area (Å²) in [7, 11) is 0. The third-order valence-electron chi connectivity index (χ3n) is 4.82. The van der Waals surface area contributed by atoms with Crippen molar-refractivity contribution in [3.63, 3.8) is 0 Å². The van der Waals surface area contributed by atoms with E-state index in [1.165, 1.54) is 6.92 Å². The van der Waals surface area contributed by atoms with E-state index in [1.54, 1.807) is 30.5 Å². The van der Waals surface area contributed by atoms with Crippen LogP contribution in [0.4, 0.5) is 11.6 Å². The molecule has 0 bridgehead atoms. The maximum Gasteiger partial charge on any atom is 0.253 e. The summed E-state index contributed by atoms with van der Waals surface area (Å²) in [6.07, 6.45) is 1.63. The Bertz CT molecular complexity index is 1340. The molecule has 0 fully saturated rings. The molecular weight excluding hydrogens is 414 g/mol. The van der Waals surface area contributed by atoms with Crippen molar-refractivity contribution >= 4 is 40.0 Å². The van der Waals surface area contributed by atoms with Gasteiger partial charge in [-0.15, -0.1) is 0 Å². The number of fused-ring (bicyclic) bond motifs is 1. The van der Waals surface area contributed by atoms with Crippen LogP contribution in [0.1, 0.15) is 25.5 Å². The molecule has 4 rings (SSSR count). The number of rotatable bonds is 5. The van der Waals surface area contributed by atoms with E-state index in [4.69, 9.17) is 11.6 Å². The van der Waals surface area contributed by atoms with Crippen LogP contribution in [-0.4, -0.2) is 20.9 Å². The van der Waals surface area contributed by atoms with Crippen molar-refractivity contribution in [2.75, 3.05) is 10.6 Å². The molecule has 0 spiro atoms. The first kappa shape index (κ1) is 20.6. The maximum atomic E-state index is 12.6. The summed E-state index contributed by atoms with van der Waals surface area (Å²) in [6.45, 7) is 3.32. The Balaban J connectivity index is 1.64. The summed E-state index contributed by atoms with van der Waals surface area (Å²) < 4.78 is 0. The number of amides is 1. The normalized spacial score (nSPS) is 11.8. The van der Waals surface area contributed by atoms with Gasteiger partial charge in [-0.2, -0.15) is 0 Å². The Kier molecular flexibility index (Phi) is 5.68. The molecule has 2 aromatic carbocycles. The number of pyridine rings is 1. The van der Waals surface area contributed by atoms with E-state index in [0.29, 0.717) is 27.9 Å². The van der Waals surface area contributed by atoms with Crippen LogP contribution in [0, 0.1) is 0 Å². The second kappa shape index (κ2) is 8.57. The van der Waals surface area contributed by atoms with Gasteiger partial charge in [0.25, 0.3) is 5.56 Å². The molecule has 1 unspecified atom stereocenters. The van der Waals surface area contributed by atoms with Crippen LogP contribution in [0.25, 0.3) is 22.2 Å². The molecule has 0 aliphatic carbocycles. The minimum atomic E-state index is -0.354. The van der Waals surface area contributed by atoms with Gasteiger partial charge in [-0.1, -0.05) is 29.8 Å². The van der Waals surface area contributed by atoms with Crippen molar-refractivity contribution < 1.29 is 4.79 Å². The molecule has 1 amide bonds. The molecule has 1 atom stereocenters. The Hall–Kier alpha value is -3.71. The SMILES string of the molecule is CC(=O)Nc1ccccc1-c1ccnc(NC(C)c2cc3cc(Cl)ccc3[nH]c2=O)n1. The van der Waals surface area contributed by atoms with Crippen molar-refractivity contribution in [3.8, 4) is 11.3 Å². The summed E-state index contributed by atoms with van der Waals surface area (Å²) in [6, 6.07) is 15.9. The molecule has 0 radical (unpaired) electrons. The van der Waals surface area contributed by atoms with E-state index in [1.807, 2.05) is 37.3 Å². The van der Waals surface area contributed by atoms with Gasteiger partial charge in [0.15, 0.2) is 0 Å². The van der Waals surface area contributed by atoms with Gasteiger partial charge in [-0.25, -0.2) is 9.97 Å². The third-order valence-corrected chi connectivity index (χ3v) is 5.05. The van der Waals surface area contributed by atoms with E-state index < -0.39 is 0 Å². The lowest BCUT2D eigenvalue weighted by Gasteiger charge is -2.15. The average Bonchev–Trinajstić information content (AvgIpc) is 2.73. The first-order valence-electron chi connectivity index (χ1n) is 9.70. The second-order valence-corrected chi connectivity index (χ2v) is 7.58. The van der Waals surface area contributed by atoms with Crippen molar-refractivity contribution in [2.24, 2.45) is 0 Å². The number of carbonyl (C=O) groups excluding carboxylic acids is 1. The Morgan fingerprint density at radius 1 is 1.13 bits per heavy atom. The minimum Gasteiger partial charge on any atom is -0.347 e. The molecule has 7 nitrogen and oxygen atoms in total. The van der Waals surface area contributed by atoms with Gasteiger partial charge in [-0.05, 0) is 43.3 Å². The highest BCUT2D eigenvalue weighted by molar-refractivity contribution is 6.31. The zero-order chi connectivity index (χ0) is 22.0. The van der Waals surface area contributed by atoms with Crippen molar-refractivity contribution in [1.29, 1.82) is 0 Å². The molecule has 3 N–H and O–H groups in total. The molecule has 2 aromatic heterocycles. The Labute approximate surface area is 183 Å². The van der Waals surface area contributed by atoms with E-state index in [9.17, 15) is 9.59 Å². The van der Waals surface area contributed by atoms with Crippen LogP contribution in [0.2, 0.25) is 5.02 Å². The molecule has 0 aliphatic heterocycles. The minimum absolute atomic E-state index is 0.163. The van der Waals surface area contributed by atoms with Crippen molar-refractivity contribution in [1.82, 2.24) is 15.0 Å². The largest absolute Gasteiger partial charge is 0.347 e. The standard InChI is InChI=1S/C23H20ClN5O2/c1-13(18-12-15-11-16(24)7-8-19(15)28-22(18)31)26-23-25-10-9-21(29-23)17-5-3-4-6-20(17)27-14(2)30/h3-13H,1-2H3,(H,27,30)(H,28,31)(H,25,26,29). The molecule has 31 heavy (non-hydrogen) atoms. The average molecular weight is 434 g/mol. The number of hydrogen-bond acceptors (Lipinski definition) is 5. The zero-order valence-electron chi connectivity index (χ0n) is 16.9. The summed E-state index contributed by atoms with van der Waals surface area (Å²) in [5, 5.41) is 7.44. The van der Waals surface area contributed by atoms with E-state index in [2.05, 4.69) is 25.6 Å². The molecule has 2 heterocycles. The molecule has 156 valence electrons. The van der Waals surface area contributed by atoms with Crippen LogP contribution < -0.4 is 16.2 Å². The predicted molar refractivity (Wildman–Crippen MR) is 123 cm³/mol. The first-order valence-corrected chi connectivity index (χ1v) is 10.1. The summed E-state index contributed by atoms with van der Waals surface area (Å²) in [5.41, 5.74) is 3.15. The van der Waals surface area contributed by atoms with Crippen LogP contribution in [0.15, 0.2) is 65.6 Å². The highest BCUT2D eigenvalue weighted by Crippen LogP contribution is 2.27. The van der Waals surface area contributed by atoms with Crippen LogP contribution >= 0.6 is 11.6 Å². The number of aromatic amines is 1. The lowest BCUT2D eigenvalue weighted by molar-refractivity contribution is -0.114. The summed E-state index contributed by atoms with van der Waals surface area (Å²) in [5.74, 6) is 0.206. The number of anilines is 2. The molecular formula is C23H20ClN5O2. The number of H-pyrrole nitrogens is 1. The molecule has 4 aromatic rings. The number of nitrogens with zero attached hydrogens (tertiary/aromatic N) is 2. The zero-order valence-corrected chi connectivity index (χ0v) is 17.7. The molecule has 8 heteroatoms. The van der Waals surface area contributed by atoms with E-state index in [0.717, 1.165) is 16.5 Å². The number of nitrogens with one attached hydrogen (secondary N) is 3. The highest BCUT2D eigenvalue weighted by atomic mass is 35.5. The number of carbonyl (C=O) groups is 1. The van der Waals surface area contributed by atoms with Gasteiger partial charge in [0.1, 0.15) is 0 Å². The lowest BCUT2D eigenvalue weighted by atomic mass is 10.1. The monoisotopic (exact) mass is 433 g/mol. The fourth-order valence-electron chi connectivity index (χ4n) is 3.37. The topological polar surface area (TPSA) is 99.8 Å². The van der Waals surface area contributed by atoms with Gasteiger partial charge in [-0.3, -0.25) is 9.59 Å². The van der Waals surface area contributed by atoms with Crippen LogP contribution in [0.3, 0.4) is 0 Å². The van der Waals surface area contributed by atoms with Crippen LogP contribution in [-0.2, 0) is 4.79 Å². The fraction of sp³-hybridized carbons (Fsp3) is 0.130. The van der Waals surface area contributed by atoms with E-state index in [-0.39, 0.29) is 17.5 Å². The number of halogens is 1. The molecule has 0 aliphatic rings. The molecule has 0 saturated heterocycles. The predicted octanol–water partition coefficient (Wildman–Crippen LogP) is 4.77. The number of aromatic nitrogens is 3. The molecule has 0 saturated carbocycles. The number of para-hydroxylation sites is 1. The highest BCUT2D eigenvalue weighted by Gasteiger charge is 2.14. The number of hydrogen-bond donors (Lipinski definition) is 3. The third kappa shape index (κ3) is 4.57. The smallest absolute Gasteiger partial charge is 0.253 e. The van der Waals surface area contributed by atoms with Gasteiger partial charge >= 0.3 is 0 Å².